The average molecular weight is 528 g/mol. The fourth-order valence-corrected chi connectivity index (χ4v) is 2.52. The quantitative estimate of drug-likeness (QED) is 0.248. The van der Waals surface area contributed by atoms with E-state index >= 15 is 0 Å². The first-order valence-electron chi connectivity index (χ1n) is 9.26. The zero-order chi connectivity index (χ0) is 21.1. The summed E-state index contributed by atoms with van der Waals surface area (Å²) in [5.41, 5.74) is 6.08. The van der Waals surface area contributed by atoms with E-state index in [1.165, 1.54) is 0 Å². The SMILES string of the molecule is CN=C(NCc1cccc(OCC(N)=O)c1)NCC(C)Oc1ccccc1OC.I. The number of rotatable bonds is 10. The molecule has 0 fully saturated rings. The van der Waals surface area contributed by atoms with Gasteiger partial charge in [-0.05, 0) is 36.8 Å². The Labute approximate surface area is 194 Å². The van der Waals surface area contributed by atoms with E-state index < -0.39 is 5.91 Å². The first-order chi connectivity index (χ1) is 14.0. The number of nitrogens with zero attached hydrogens (tertiary/aromatic N) is 1. The molecule has 0 saturated heterocycles. The van der Waals surface area contributed by atoms with Crippen molar-refractivity contribution in [2.45, 2.75) is 19.6 Å². The first kappa shape index (κ1) is 25.3. The van der Waals surface area contributed by atoms with Gasteiger partial charge in [-0.1, -0.05) is 24.3 Å². The number of methoxy groups -OCH3 is 1. The number of hydrogen-bond acceptors (Lipinski definition) is 5. The normalized spacial score (nSPS) is 11.6. The third-order valence-corrected chi connectivity index (χ3v) is 3.92. The number of primary amides is 1. The number of para-hydroxylation sites is 2. The van der Waals surface area contributed by atoms with Gasteiger partial charge in [0.1, 0.15) is 11.9 Å². The molecule has 0 bridgehead atoms. The van der Waals surface area contributed by atoms with E-state index in [1.54, 1.807) is 20.2 Å². The van der Waals surface area contributed by atoms with Crippen molar-refractivity contribution < 1.29 is 19.0 Å². The highest BCUT2D eigenvalue weighted by molar-refractivity contribution is 14.0. The van der Waals surface area contributed by atoms with Crippen LogP contribution >= 0.6 is 24.0 Å². The Kier molecular flexibility index (Phi) is 11.4. The highest BCUT2D eigenvalue weighted by Gasteiger charge is 2.09. The van der Waals surface area contributed by atoms with Gasteiger partial charge in [0.15, 0.2) is 24.1 Å². The molecule has 2 aromatic rings. The smallest absolute Gasteiger partial charge is 0.255 e. The van der Waals surface area contributed by atoms with E-state index in [9.17, 15) is 4.79 Å². The van der Waals surface area contributed by atoms with E-state index in [4.69, 9.17) is 19.9 Å². The molecule has 9 heteroatoms. The number of carbonyl (C=O) groups is 1. The molecule has 8 nitrogen and oxygen atoms in total. The fraction of sp³-hybridized carbons (Fsp3) is 0.333. The lowest BCUT2D eigenvalue weighted by molar-refractivity contribution is -0.119. The zero-order valence-electron chi connectivity index (χ0n) is 17.4. The summed E-state index contributed by atoms with van der Waals surface area (Å²) in [6.07, 6.45) is -0.102. The monoisotopic (exact) mass is 528 g/mol. The summed E-state index contributed by atoms with van der Waals surface area (Å²) < 4.78 is 16.6. The Morgan fingerprint density at radius 3 is 2.53 bits per heavy atom. The maximum atomic E-state index is 10.8. The van der Waals surface area contributed by atoms with E-state index in [-0.39, 0.29) is 36.7 Å². The van der Waals surface area contributed by atoms with Crippen molar-refractivity contribution in [1.82, 2.24) is 10.6 Å². The van der Waals surface area contributed by atoms with Gasteiger partial charge in [-0.25, -0.2) is 0 Å². The molecule has 0 heterocycles. The standard InChI is InChI=1S/C21H28N4O4.HI/c1-15(29-19-10-5-4-9-18(19)27-3)12-24-21(23-2)25-13-16-7-6-8-17(11-16)28-14-20(22)26;/h4-11,15H,12-14H2,1-3H3,(H2,22,26)(H2,23,24,25);1H. The molecule has 0 spiro atoms. The molecule has 2 aromatic carbocycles. The fourth-order valence-electron chi connectivity index (χ4n) is 2.52. The van der Waals surface area contributed by atoms with Crippen molar-refractivity contribution in [2.75, 3.05) is 27.3 Å². The van der Waals surface area contributed by atoms with Crippen LogP contribution in [0, 0.1) is 0 Å². The van der Waals surface area contributed by atoms with Crippen LogP contribution in [0.15, 0.2) is 53.5 Å². The number of ether oxygens (including phenoxy) is 3. The number of benzene rings is 2. The predicted octanol–water partition coefficient (Wildman–Crippen LogP) is 2.31. The van der Waals surface area contributed by atoms with Gasteiger partial charge in [0.25, 0.3) is 5.91 Å². The number of nitrogens with two attached hydrogens (primary N) is 1. The number of halogens is 1. The largest absolute Gasteiger partial charge is 0.493 e. The molecule has 0 aliphatic carbocycles. The van der Waals surface area contributed by atoms with Gasteiger partial charge in [0, 0.05) is 13.6 Å². The minimum Gasteiger partial charge on any atom is -0.493 e. The van der Waals surface area contributed by atoms with E-state index in [0.29, 0.717) is 36.3 Å². The van der Waals surface area contributed by atoms with Gasteiger partial charge >= 0.3 is 0 Å². The maximum absolute atomic E-state index is 10.8. The second kappa shape index (κ2) is 13.5. The zero-order valence-corrected chi connectivity index (χ0v) is 19.7. The molecule has 4 N–H and O–H groups in total. The lowest BCUT2D eigenvalue weighted by Gasteiger charge is -2.19. The number of carbonyl (C=O) groups excluding carboxylic acids is 1. The molecular weight excluding hydrogens is 499 g/mol. The highest BCUT2D eigenvalue weighted by Crippen LogP contribution is 2.26. The van der Waals surface area contributed by atoms with Crippen LogP contribution in [0.2, 0.25) is 0 Å². The van der Waals surface area contributed by atoms with Crippen LogP contribution in [0.1, 0.15) is 12.5 Å². The summed E-state index contributed by atoms with van der Waals surface area (Å²) in [7, 11) is 3.32. The number of amides is 1. The summed E-state index contributed by atoms with van der Waals surface area (Å²) in [6, 6.07) is 14.9. The topological polar surface area (TPSA) is 107 Å². The van der Waals surface area contributed by atoms with Crippen molar-refractivity contribution in [2.24, 2.45) is 10.7 Å². The molecule has 0 aliphatic rings. The van der Waals surface area contributed by atoms with Crippen LogP contribution in [0.5, 0.6) is 17.2 Å². The first-order valence-corrected chi connectivity index (χ1v) is 9.26. The molecule has 1 atom stereocenters. The van der Waals surface area contributed by atoms with Crippen molar-refractivity contribution in [3.63, 3.8) is 0 Å². The van der Waals surface area contributed by atoms with Crippen LogP contribution < -0.4 is 30.6 Å². The van der Waals surface area contributed by atoms with Gasteiger partial charge in [-0.15, -0.1) is 24.0 Å². The van der Waals surface area contributed by atoms with Crippen molar-refractivity contribution in [1.29, 1.82) is 0 Å². The summed E-state index contributed by atoms with van der Waals surface area (Å²) in [5.74, 6) is 2.11. The van der Waals surface area contributed by atoms with Crippen LogP contribution in [-0.2, 0) is 11.3 Å². The number of hydrogen-bond donors (Lipinski definition) is 3. The lowest BCUT2D eigenvalue weighted by atomic mass is 10.2. The second-order valence-corrected chi connectivity index (χ2v) is 6.29. The van der Waals surface area contributed by atoms with Gasteiger partial charge in [-0.3, -0.25) is 9.79 Å². The molecule has 0 radical (unpaired) electrons. The Hall–Kier alpha value is -2.69. The third kappa shape index (κ3) is 8.76. The number of nitrogens with one attached hydrogen (secondary N) is 2. The molecule has 1 unspecified atom stereocenters. The summed E-state index contributed by atoms with van der Waals surface area (Å²) in [4.78, 5) is 15.1. The summed E-state index contributed by atoms with van der Waals surface area (Å²) in [5, 5.41) is 6.46. The van der Waals surface area contributed by atoms with Crippen molar-refractivity contribution in [3.8, 4) is 17.2 Å². The van der Waals surface area contributed by atoms with Crippen LogP contribution in [0.3, 0.4) is 0 Å². The third-order valence-electron chi connectivity index (χ3n) is 3.92. The van der Waals surface area contributed by atoms with Crippen molar-refractivity contribution in [3.05, 3.63) is 54.1 Å². The molecule has 30 heavy (non-hydrogen) atoms. The molecule has 2 rings (SSSR count). The minimum absolute atomic E-state index is 0. The van der Waals surface area contributed by atoms with E-state index in [0.717, 1.165) is 5.56 Å². The van der Waals surface area contributed by atoms with E-state index in [1.807, 2.05) is 49.4 Å². The van der Waals surface area contributed by atoms with Crippen molar-refractivity contribution >= 4 is 35.8 Å². The molecule has 1 amide bonds. The van der Waals surface area contributed by atoms with Crippen LogP contribution in [-0.4, -0.2) is 45.3 Å². The Bertz CT molecular complexity index is 832. The minimum atomic E-state index is -0.511. The Morgan fingerprint density at radius 2 is 1.87 bits per heavy atom. The highest BCUT2D eigenvalue weighted by atomic mass is 127. The van der Waals surface area contributed by atoms with Crippen LogP contribution in [0.25, 0.3) is 0 Å². The average Bonchev–Trinajstić information content (AvgIpc) is 2.73. The molecule has 0 aromatic heterocycles. The predicted molar refractivity (Wildman–Crippen MR) is 128 cm³/mol. The van der Waals surface area contributed by atoms with E-state index in [2.05, 4.69) is 15.6 Å². The molecule has 0 aliphatic heterocycles. The Balaban J connectivity index is 0.00000450. The molecule has 0 saturated carbocycles. The Morgan fingerprint density at radius 1 is 1.13 bits per heavy atom. The summed E-state index contributed by atoms with van der Waals surface area (Å²) >= 11 is 0. The second-order valence-electron chi connectivity index (χ2n) is 6.29. The lowest BCUT2D eigenvalue weighted by Crippen LogP contribution is -2.41. The molecule has 164 valence electrons. The maximum Gasteiger partial charge on any atom is 0.255 e. The molecular formula is C21H29IN4O4. The van der Waals surface area contributed by atoms with Gasteiger partial charge in [-0.2, -0.15) is 0 Å². The number of guanidine groups is 1. The van der Waals surface area contributed by atoms with Gasteiger partial charge in [0.2, 0.25) is 0 Å². The van der Waals surface area contributed by atoms with Gasteiger partial charge < -0.3 is 30.6 Å². The van der Waals surface area contributed by atoms with Gasteiger partial charge in [0.05, 0.1) is 13.7 Å². The summed E-state index contributed by atoms with van der Waals surface area (Å²) in [6.45, 7) is 2.91. The number of aliphatic imine (C=N–C) groups is 1. The van der Waals surface area contributed by atoms with Crippen LogP contribution in [0.4, 0.5) is 0 Å².